The Bertz CT molecular complexity index is 750. The summed E-state index contributed by atoms with van der Waals surface area (Å²) < 4.78 is 26.8. The standard InChI is InChI=1S/C22H27F2N3O.2ClH/c1-15(16(2)25)22(28)27-13-11-26(12-14-27)21(17-3-7-19(23)8-4-17)18-5-9-20(24)10-6-18;;/h3-10,15-16,21H,11-14,25H2,1-2H3;2*1H. The Labute approximate surface area is 189 Å². The van der Waals surface area contributed by atoms with Crippen molar-refractivity contribution in [3.63, 3.8) is 0 Å². The van der Waals surface area contributed by atoms with Crippen molar-refractivity contribution in [2.24, 2.45) is 11.7 Å². The van der Waals surface area contributed by atoms with Crippen LogP contribution in [0.15, 0.2) is 48.5 Å². The van der Waals surface area contributed by atoms with Gasteiger partial charge >= 0.3 is 0 Å². The van der Waals surface area contributed by atoms with Crippen LogP contribution in [0.1, 0.15) is 31.0 Å². The summed E-state index contributed by atoms with van der Waals surface area (Å²) in [6.07, 6.45) is 0. The first-order chi connectivity index (χ1) is 13.4. The van der Waals surface area contributed by atoms with E-state index in [9.17, 15) is 13.6 Å². The van der Waals surface area contributed by atoms with Gasteiger partial charge in [0.2, 0.25) is 5.91 Å². The molecule has 0 aromatic heterocycles. The summed E-state index contributed by atoms with van der Waals surface area (Å²) in [4.78, 5) is 16.7. The number of halogens is 4. The van der Waals surface area contributed by atoms with Crippen LogP contribution in [0, 0.1) is 17.6 Å². The van der Waals surface area contributed by atoms with Gasteiger partial charge < -0.3 is 10.6 Å². The number of carbonyl (C=O) groups is 1. The lowest BCUT2D eigenvalue weighted by Crippen LogP contribution is -2.52. The Morgan fingerprint density at radius 2 is 1.23 bits per heavy atom. The molecule has 166 valence electrons. The van der Waals surface area contributed by atoms with E-state index in [-0.39, 0.29) is 60.4 Å². The number of hydrogen-bond donors (Lipinski definition) is 1. The molecule has 2 aromatic carbocycles. The van der Waals surface area contributed by atoms with E-state index >= 15 is 0 Å². The lowest BCUT2D eigenvalue weighted by molar-refractivity contribution is -0.137. The molecule has 1 heterocycles. The fraction of sp³-hybridized carbons (Fsp3) is 0.409. The summed E-state index contributed by atoms with van der Waals surface area (Å²) in [5.74, 6) is -0.713. The summed E-state index contributed by atoms with van der Waals surface area (Å²) in [7, 11) is 0. The fourth-order valence-electron chi connectivity index (χ4n) is 3.62. The summed E-state index contributed by atoms with van der Waals surface area (Å²) in [6.45, 7) is 6.27. The van der Waals surface area contributed by atoms with Crippen molar-refractivity contribution in [1.29, 1.82) is 0 Å². The molecule has 2 atom stereocenters. The predicted octanol–water partition coefficient (Wildman–Crippen LogP) is 4.03. The van der Waals surface area contributed by atoms with Gasteiger partial charge in [0.1, 0.15) is 11.6 Å². The molecule has 1 aliphatic heterocycles. The molecular weight excluding hydrogens is 431 g/mol. The molecule has 0 aliphatic carbocycles. The predicted molar refractivity (Wildman–Crippen MR) is 120 cm³/mol. The molecule has 2 N–H and O–H groups in total. The highest BCUT2D eigenvalue weighted by Crippen LogP contribution is 2.30. The second-order valence-electron chi connectivity index (χ2n) is 7.51. The van der Waals surface area contributed by atoms with Gasteiger partial charge in [-0.3, -0.25) is 9.69 Å². The van der Waals surface area contributed by atoms with Gasteiger partial charge in [-0.2, -0.15) is 0 Å². The zero-order chi connectivity index (χ0) is 20.3. The minimum atomic E-state index is -0.290. The van der Waals surface area contributed by atoms with E-state index in [1.807, 2.05) is 18.7 Å². The molecule has 1 aliphatic rings. The van der Waals surface area contributed by atoms with E-state index in [4.69, 9.17) is 5.73 Å². The van der Waals surface area contributed by atoms with Crippen LogP contribution in [0.25, 0.3) is 0 Å². The van der Waals surface area contributed by atoms with Crippen LogP contribution < -0.4 is 5.73 Å². The molecule has 2 unspecified atom stereocenters. The Hall–Kier alpha value is -1.73. The third-order valence-corrected chi connectivity index (χ3v) is 5.54. The van der Waals surface area contributed by atoms with Gasteiger partial charge in [0.25, 0.3) is 0 Å². The Balaban J connectivity index is 0.00000225. The van der Waals surface area contributed by atoms with Crippen molar-refractivity contribution < 1.29 is 13.6 Å². The van der Waals surface area contributed by atoms with E-state index in [1.165, 1.54) is 24.3 Å². The molecule has 1 amide bonds. The maximum atomic E-state index is 13.4. The molecule has 4 nitrogen and oxygen atoms in total. The minimum absolute atomic E-state index is 0. The molecule has 0 radical (unpaired) electrons. The van der Waals surface area contributed by atoms with Crippen molar-refractivity contribution in [2.75, 3.05) is 26.2 Å². The van der Waals surface area contributed by atoms with Crippen molar-refractivity contribution in [3.8, 4) is 0 Å². The van der Waals surface area contributed by atoms with Crippen molar-refractivity contribution in [3.05, 3.63) is 71.3 Å². The fourth-order valence-corrected chi connectivity index (χ4v) is 3.62. The molecule has 3 rings (SSSR count). The van der Waals surface area contributed by atoms with Crippen molar-refractivity contribution >= 4 is 30.7 Å². The van der Waals surface area contributed by atoms with E-state index in [0.717, 1.165) is 11.1 Å². The summed E-state index contributed by atoms with van der Waals surface area (Å²) in [5, 5.41) is 0. The zero-order valence-corrected chi connectivity index (χ0v) is 18.8. The maximum absolute atomic E-state index is 13.4. The molecule has 1 fully saturated rings. The Kier molecular flexibility index (Phi) is 10.2. The summed E-state index contributed by atoms with van der Waals surface area (Å²) >= 11 is 0. The van der Waals surface area contributed by atoms with E-state index in [0.29, 0.717) is 26.2 Å². The van der Waals surface area contributed by atoms with Crippen LogP contribution in [0.3, 0.4) is 0 Å². The smallest absolute Gasteiger partial charge is 0.227 e. The number of carbonyl (C=O) groups excluding carboxylic acids is 1. The molecule has 30 heavy (non-hydrogen) atoms. The second kappa shape index (κ2) is 11.6. The first-order valence-electron chi connectivity index (χ1n) is 9.66. The van der Waals surface area contributed by atoms with Crippen LogP contribution in [-0.2, 0) is 4.79 Å². The van der Waals surface area contributed by atoms with Crippen LogP contribution in [-0.4, -0.2) is 47.9 Å². The molecular formula is C22H29Cl2F2N3O. The van der Waals surface area contributed by atoms with Crippen molar-refractivity contribution in [1.82, 2.24) is 9.80 Å². The third-order valence-electron chi connectivity index (χ3n) is 5.54. The third kappa shape index (κ3) is 6.14. The van der Waals surface area contributed by atoms with Gasteiger partial charge in [-0.05, 0) is 42.3 Å². The number of nitrogens with two attached hydrogens (primary N) is 1. The second-order valence-corrected chi connectivity index (χ2v) is 7.51. The first kappa shape index (κ1) is 26.3. The van der Waals surface area contributed by atoms with E-state index in [2.05, 4.69) is 4.90 Å². The lowest BCUT2D eigenvalue weighted by atomic mass is 9.96. The van der Waals surface area contributed by atoms with E-state index < -0.39 is 0 Å². The van der Waals surface area contributed by atoms with Crippen molar-refractivity contribution in [2.45, 2.75) is 25.9 Å². The molecule has 8 heteroatoms. The summed E-state index contributed by atoms with van der Waals surface area (Å²) in [6, 6.07) is 12.5. The van der Waals surface area contributed by atoms with Gasteiger partial charge in [-0.25, -0.2) is 8.78 Å². The molecule has 2 aromatic rings. The number of benzene rings is 2. The van der Waals surface area contributed by atoms with E-state index in [1.54, 1.807) is 24.3 Å². The molecule has 0 spiro atoms. The Morgan fingerprint density at radius 1 is 0.833 bits per heavy atom. The normalized spacial score (nSPS) is 16.4. The molecule has 1 saturated heterocycles. The number of hydrogen-bond acceptors (Lipinski definition) is 3. The highest BCUT2D eigenvalue weighted by atomic mass is 35.5. The molecule has 0 saturated carbocycles. The van der Waals surface area contributed by atoms with Gasteiger partial charge in [-0.1, -0.05) is 31.2 Å². The van der Waals surface area contributed by atoms with Crippen LogP contribution >= 0.6 is 24.8 Å². The van der Waals surface area contributed by atoms with Gasteiger partial charge in [0.05, 0.1) is 12.0 Å². The van der Waals surface area contributed by atoms with Crippen LogP contribution in [0.4, 0.5) is 8.78 Å². The number of amides is 1. The average Bonchev–Trinajstić information content (AvgIpc) is 2.70. The first-order valence-corrected chi connectivity index (χ1v) is 9.66. The maximum Gasteiger partial charge on any atom is 0.227 e. The highest BCUT2D eigenvalue weighted by molar-refractivity contribution is 5.85. The lowest BCUT2D eigenvalue weighted by Gasteiger charge is -2.40. The SMILES string of the molecule is CC(N)C(C)C(=O)N1CCN(C(c2ccc(F)cc2)c2ccc(F)cc2)CC1.Cl.Cl. The number of piperazine rings is 1. The zero-order valence-electron chi connectivity index (χ0n) is 17.1. The van der Waals surface area contributed by atoms with Crippen LogP contribution in [0.5, 0.6) is 0 Å². The monoisotopic (exact) mass is 459 g/mol. The quantitative estimate of drug-likeness (QED) is 0.734. The average molecular weight is 460 g/mol. The number of nitrogens with zero attached hydrogens (tertiary/aromatic N) is 2. The van der Waals surface area contributed by atoms with Gasteiger partial charge in [0, 0.05) is 32.2 Å². The topological polar surface area (TPSA) is 49.6 Å². The molecule has 0 bridgehead atoms. The van der Waals surface area contributed by atoms with Gasteiger partial charge in [0.15, 0.2) is 0 Å². The largest absolute Gasteiger partial charge is 0.340 e. The van der Waals surface area contributed by atoms with Gasteiger partial charge in [-0.15, -0.1) is 24.8 Å². The number of rotatable bonds is 5. The van der Waals surface area contributed by atoms with Crippen LogP contribution in [0.2, 0.25) is 0 Å². The highest BCUT2D eigenvalue weighted by Gasteiger charge is 2.30. The minimum Gasteiger partial charge on any atom is -0.340 e. The Morgan fingerprint density at radius 3 is 1.60 bits per heavy atom. The summed E-state index contributed by atoms with van der Waals surface area (Å²) in [5.41, 5.74) is 7.76.